The first-order valence-corrected chi connectivity index (χ1v) is 8.85. The molecule has 2 N–H and O–H groups in total. The van der Waals surface area contributed by atoms with Crippen LogP contribution in [0.15, 0.2) is 18.2 Å². The smallest absolute Gasteiger partial charge is 0.309 e. The quantitative estimate of drug-likeness (QED) is 0.595. The Morgan fingerprint density at radius 3 is 2.62 bits per heavy atom. The van der Waals surface area contributed by atoms with Crippen molar-refractivity contribution in [2.24, 2.45) is 0 Å². The molecule has 5 nitrogen and oxygen atoms in total. The molecule has 2 amide bonds. The second-order valence-corrected chi connectivity index (χ2v) is 6.27. The number of rotatable bonds is 7. The fraction of sp³-hybridized carbons (Fsp3) is 0.579. The fourth-order valence-corrected chi connectivity index (χ4v) is 3.11. The Balaban J connectivity index is 1.93. The Morgan fingerprint density at radius 1 is 1.17 bits per heavy atom. The molecular weight excluding hydrogens is 304 g/mol. The highest BCUT2D eigenvalue weighted by Crippen LogP contribution is 2.26. The van der Waals surface area contributed by atoms with E-state index in [4.69, 9.17) is 4.74 Å². The summed E-state index contributed by atoms with van der Waals surface area (Å²) in [6.45, 7) is 3.02. The number of benzene rings is 1. The molecule has 132 valence electrons. The van der Waals surface area contributed by atoms with Gasteiger partial charge in [0.05, 0.1) is 6.04 Å². The van der Waals surface area contributed by atoms with E-state index in [2.05, 4.69) is 28.8 Å². The zero-order valence-electron chi connectivity index (χ0n) is 14.7. The average Bonchev–Trinajstić information content (AvgIpc) is 2.62. The summed E-state index contributed by atoms with van der Waals surface area (Å²) in [5, 5.41) is 5.47. The van der Waals surface area contributed by atoms with Gasteiger partial charge in [-0.3, -0.25) is 9.59 Å². The summed E-state index contributed by atoms with van der Waals surface area (Å²) in [5.41, 5.74) is 3.89. The van der Waals surface area contributed by atoms with Crippen LogP contribution < -0.4 is 10.6 Å². The van der Waals surface area contributed by atoms with Crippen LogP contribution in [0.4, 0.5) is 0 Å². The number of amides is 2. The predicted molar refractivity (Wildman–Crippen MR) is 93.8 cm³/mol. The normalized spacial score (nSPS) is 14.6. The van der Waals surface area contributed by atoms with Crippen LogP contribution in [-0.2, 0) is 27.2 Å². The van der Waals surface area contributed by atoms with Crippen molar-refractivity contribution >= 4 is 11.8 Å². The lowest BCUT2D eigenvalue weighted by molar-refractivity contribution is -0.139. The van der Waals surface area contributed by atoms with E-state index in [1.54, 1.807) is 7.11 Å². The van der Waals surface area contributed by atoms with Crippen molar-refractivity contribution in [3.05, 3.63) is 34.9 Å². The number of hydrogen-bond donors (Lipinski definition) is 2. The molecule has 5 heteroatoms. The van der Waals surface area contributed by atoms with Crippen molar-refractivity contribution in [1.29, 1.82) is 0 Å². The van der Waals surface area contributed by atoms with Crippen LogP contribution in [0.25, 0.3) is 0 Å². The SMILES string of the molecule is CCC(NC(=O)C(=O)NCCCOC)c1ccc2c(c1)CCCC2. The molecule has 1 aromatic carbocycles. The van der Waals surface area contributed by atoms with Crippen molar-refractivity contribution in [3.63, 3.8) is 0 Å². The first-order chi connectivity index (χ1) is 11.7. The Labute approximate surface area is 144 Å². The first-order valence-electron chi connectivity index (χ1n) is 8.85. The maximum atomic E-state index is 12.1. The number of carbonyl (C=O) groups excluding carboxylic acids is 2. The number of aryl methyl sites for hydroxylation is 2. The maximum Gasteiger partial charge on any atom is 0.309 e. The van der Waals surface area contributed by atoms with Crippen molar-refractivity contribution < 1.29 is 14.3 Å². The van der Waals surface area contributed by atoms with Gasteiger partial charge in [0.1, 0.15) is 0 Å². The summed E-state index contributed by atoms with van der Waals surface area (Å²) in [6, 6.07) is 6.31. The van der Waals surface area contributed by atoms with E-state index < -0.39 is 11.8 Å². The van der Waals surface area contributed by atoms with E-state index in [-0.39, 0.29) is 6.04 Å². The van der Waals surface area contributed by atoms with Gasteiger partial charge in [-0.15, -0.1) is 0 Å². The highest BCUT2D eigenvalue weighted by atomic mass is 16.5. The Kier molecular flexibility index (Phi) is 7.25. The lowest BCUT2D eigenvalue weighted by Crippen LogP contribution is -2.41. The van der Waals surface area contributed by atoms with Crippen molar-refractivity contribution in [3.8, 4) is 0 Å². The Hall–Kier alpha value is -1.88. The highest BCUT2D eigenvalue weighted by Gasteiger charge is 2.19. The number of ether oxygens (including phenoxy) is 1. The van der Waals surface area contributed by atoms with Crippen LogP contribution in [0.5, 0.6) is 0 Å². The van der Waals surface area contributed by atoms with Crippen LogP contribution in [0, 0.1) is 0 Å². The van der Waals surface area contributed by atoms with Crippen LogP contribution in [0.3, 0.4) is 0 Å². The van der Waals surface area contributed by atoms with Crippen LogP contribution in [-0.4, -0.2) is 32.1 Å². The predicted octanol–water partition coefficient (Wildman–Crippen LogP) is 2.29. The van der Waals surface area contributed by atoms with Crippen LogP contribution in [0.2, 0.25) is 0 Å². The zero-order valence-corrected chi connectivity index (χ0v) is 14.7. The summed E-state index contributed by atoms with van der Waals surface area (Å²) in [7, 11) is 1.61. The summed E-state index contributed by atoms with van der Waals surface area (Å²) in [4.78, 5) is 23.9. The van der Waals surface area contributed by atoms with E-state index in [1.807, 2.05) is 6.92 Å². The van der Waals surface area contributed by atoms with Gasteiger partial charge < -0.3 is 15.4 Å². The molecule has 0 heterocycles. The van der Waals surface area contributed by atoms with Gasteiger partial charge in [0.2, 0.25) is 0 Å². The number of methoxy groups -OCH3 is 1. The third kappa shape index (κ3) is 5.06. The molecule has 0 fully saturated rings. The number of hydrogen-bond acceptors (Lipinski definition) is 3. The molecule has 1 aromatic rings. The minimum Gasteiger partial charge on any atom is -0.385 e. The fourth-order valence-electron chi connectivity index (χ4n) is 3.11. The number of carbonyl (C=O) groups is 2. The Morgan fingerprint density at radius 2 is 1.92 bits per heavy atom. The van der Waals surface area contributed by atoms with E-state index in [9.17, 15) is 9.59 Å². The molecule has 0 saturated heterocycles. The third-order valence-electron chi connectivity index (χ3n) is 4.51. The number of nitrogens with one attached hydrogen (secondary N) is 2. The Bertz CT molecular complexity index is 572. The molecule has 0 aliphatic heterocycles. The molecule has 1 aliphatic carbocycles. The molecule has 0 aromatic heterocycles. The number of fused-ring (bicyclic) bond motifs is 1. The molecular formula is C19H28N2O3. The average molecular weight is 332 g/mol. The molecule has 0 bridgehead atoms. The van der Waals surface area contributed by atoms with Crippen LogP contribution in [0.1, 0.15) is 55.3 Å². The maximum absolute atomic E-state index is 12.1. The second-order valence-electron chi connectivity index (χ2n) is 6.27. The standard InChI is InChI=1S/C19H28N2O3/c1-3-17(21-19(23)18(22)20-11-6-12-24-2)16-10-9-14-7-4-5-8-15(14)13-16/h9-10,13,17H,3-8,11-12H2,1-2H3,(H,20,22)(H,21,23). The van der Waals surface area contributed by atoms with E-state index in [0.29, 0.717) is 19.6 Å². The van der Waals surface area contributed by atoms with E-state index in [0.717, 1.165) is 24.8 Å². The van der Waals surface area contributed by atoms with Gasteiger partial charge in [-0.2, -0.15) is 0 Å². The molecule has 2 rings (SSSR count). The zero-order chi connectivity index (χ0) is 17.4. The topological polar surface area (TPSA) is 67.4 Å². The summed E-state index contributed by atoms with van der Waals surface area (Å²) in [6.07, 6.45) is 6.17. The summed E-state index contributed by atoms with van der Waals surface area (Å²) >= 11 is 0. The second kappa shape index (κ2) is 9.42. The monoisotopic (exact) mass is 332 g/mol. The first kappa shape index (κ1) is 18.5. The molecule has 1 aliphatic rings. The molecule has 24 heavy (non-hydrogen) atoms. The molecule has 0 radical (unpaired) electrons. The largest absolute Gasteiger partial charge is 0.385 e. The van der Waals surface area contributed by atoms with Crippen molar-refractivity contribution in [2.45, 2.75) is 51.5 Å². The van der Waals surface area contributed by atoms with E-state index in [1.165, 1.54) is 24.0 Å². The van der Waals surface area contributed by atoms with Gasteiger partial charge >= 0.3 is 11.8 Å². The van der Waals surface area contributed by atoms with Crippen molar-refractivity contribution in [2.75, 3.05) is 20.3 Å². The van der Waals surface area contributed by atoms with Gasteiger partial charge in [-0.05, 0) is 55.2 Å². The lowest BCUT2D eigenvalue weighted by atomic mass is 9.89. The molecule has 1 atom stereocenters. The summed E-state index contributed by atoms with van der Waals surface area (Å²) in [5.74, 6) is -1.15. The minimum atomic E-state index is -0.581. The summed E-state index contributed by atoms with van der Waals surface area (Å²) < 4.78 is 4.92. The molecule has 0 spiro atoms. The van der Waals surface area contributed by atoms with Gasteiger partial charge in [0, 0.05) is 20.3 Å². The molecule has 0 saturated carbocycles. The van der Waals surface area contributed by atoms with E-state index >= 15 is 0 Å². The van der Waals surface area contributed by atoms with Gasteiger partial charge in [-0.1, -0.05) is 25.1 Å². The van der Waals surface area contributed by atoms with Gasteiger partial charge in [0.25, 0.3) is 0 Å². The highest BCUT2D eigenvalue weighted by molar-refractivity contribution is 6.35. The lowest BCUT2D eigenvalue weighted by Gasteiger charge is -2.21. The molecule has 1 unspecified atom stereocenters. The minimum absolute atomic E-state index is 0.130. The van der Waals surface area contributed by atoms with Crippen LogP contribution >= 0.6 is 0 Å². The third-order valence-corrected chi connectivity index (χ3v) is 4.51. The van der Waals surface area contributed by atoms with Gasteiger partial charge in [-0.25, -0.2) is 0 Å². The van der Waals surface area contributed by atoms with Gasteiger partial charge in [0.15, 0.2) is 0 Å². The van der Waals surface area contributed by atoms with Crippen molar-refractivity contribution in [1.82, 2.24) is 10.6 Å².